The van der Waals surface area contributed by atoms with Gasteiger partial charge in [0, 0.05) is 15.0 Å². The van der Waals surface area contributed by atoms with Gasteiger partial charge >= 0.3 is 0 Å². The van der Waals surface area contributed by atoms with Crippen molar-refractivity contribution < 1.29 is 0 Å². The Kier molecular flexibility index (Phi) is 3.99. The number of nitrogens with two attached hydrogens (primary N) is 1. The molecule has 0 atom stereocenters. The number of rotatable bonds is 3. The van der Waals surface area contributed by atoms with E-state index < -0.39 is 0 Å². The molecule has 1 aromatic carbocycles. The van der Waals surface area contributed by atoms with Gasteiger partial charge in [-0.2, -0.15) is 4.98 Å². The number of fused-ring (bicyclic) bond motifs is 1. The van der Waals surface area contributed by atoms with Crippen LogP contribution in [0.3, 0.4) is 0 Å². The molecular weight excluding hydrogens is 374 g/mol. The number of thiophene rings is 1. The maximum Gasteiger partial charge on any atom is 0.240 e. The van der Waals surface area contributed by atoms with Crippen LogP contribution in [0.2, 0.25) is 5.02 Å². The highest BCUT2D eigenvalue weighted by Gasteiger charge is 2.11. The quantitative estimate of drug-likeness (QED) is 0.459. The summed E-state index contributed by atoms with van der Waals surface area (Å²) >= 11 is 11.1. The van der Waals surface area contributed by atoms with Crippen LogP contribution >= 0.6 is 38.9 Å². The fourth-order valence-electron chi connectivity index (χ4n) is 1.91. The number of anilines is 3. The van der Waals surface area contributed by atoms with E-state index in [1.54, 1.807) is 11.3 Å². The van der Waals surface area contributed by atoms with E-state index >= 15 is 0 Å². The average molecular weight is 385 g/mol. The van der Waals surface area contributed by atoms with Crippen LogP contribution in [0.4, 0.5) is 17.5 Å². The molecule has 0 spiro atoms. The lowest BCUT2D eigenvalue weighted by Crippen LogP contribution is -2.11. The van der Waals surface area contributed by atoms with Gasteiger partial charge in [-0.05, 0) is 47.1 Å². The number of hydrogen-bond acceptors (Lipinski definition) is 6. The van der Waals surface area contributed by atoms with E-state index in [0.29, 0.717) is 16.8 Å². The number of aromatic nitrogens is 2. The van der Waals surface area contributed by atoms with Crippen molar-refractivity contribution in [3.63, 3.8) is 0 Å². The standard InChI is InChI=1S/C13H11BrClN5S/c1-6-4-8-11(18-13(20-16)19-12(8)21-6)17-7-2-3-9(14)10(15)5-7/h2-5H,16H2,1H3,(H2,17,18,19,20). The van der Waals surface area contributed by atoms with Gasteiger partial charge < -0.3 is 5.32 Å². The Morgan fingerprint density at radius 3 is 2.81 bits per heavy atom. The first-order valence-corrected chi connectivity index (χ1v) is 8.02. The predicted molar refractivity (Wildman–Crippen MR) is 92.4 cm³/mol. The van der Waals surface area contributed by atoms with Crippen molar-refractivity contribution in [3.8, 4) is 0 Å². The van der Waals surface area contributed by atoms with Gasteiger partial charge in [-0.1, -0.05) is 11.6 Å². The lowest BCUT2D eigenvalue weighted by atomic mass is 10.3. The Bertz CT molecular complexity index is 820. The minimum atomic E-state index is 0.370. The molecule has 0 aliphatic heterocycles. The highest BCUT2D eigenvalue weighted by atomic mass is 79.9. The van der Waals surface area contributed by atoms with Crippen molar-refractivity contribution in [2.75, 3.05) is 10.7 Å². The van der Waals surface area contributed by atoms with Crippen molar-refractivity contribution in [2.45, 2.75) is 6.92 Å². The molecule has 0 amide bonds. The molecule has 8 heteroatoms. The molecule has 0 radical (unpaired) electrons. The van der Waals surface area contributed by atoms with Crippen molar-refractivity contribution in [1.82, 2.24) is 9.97 Å². The Labute approximate surface area is 138 Å². The monoisotopic (exact) mass is 383 g/mol. The van der Waals surface area contributed by atoms with Gasteiger partial charge in [0.15, 0.2) is 0 Å². The number of nitrogens with one attached hydrogen (secondary N) is 2. The number of nitrogens with zero attached hydrogens (tertiary/aromatic N) is 2. The zero-order valence-corrected chi connectivity index (χ0v) is 14.1. The smallest absolute Gasteiger partial charge is 0.240 e. The van der Waals surface area contributed by atoms with Crippen LogP contribution in [0.1, 0.15) is 4.88 Å². The largest absolute Gasteiger partial charge is 0.339 e. The van der Waals surface area contributed by atoms with Crippen molar-refractivity contribution in [2.24, 2.45) is 5.84 Å². The predicted octanol–water partition coefficient (Wildman–Crippen LogP) is 4.44. The zero-order chi connectivity index (χ0) is 15.0. The van der Waals surface area contributed by atoms with Crippen LogP contribution in [0.15, 0.2) is 28.7 Å². The van der Waals surface area contributed by atoms with Crippen LogP contribution in [-0.2, 0) is 0 Å². The molecule has 108 valence electrons. The highest BCUT2D eigenvalue weighted by Crippen LogP contribution is 2.32. The fourth-order valence-corrected chi connectivity index (χ4v) is 3.22. The van der Waals surface area contributed by atoms with Crippen molar-refractivity contribution in [1.29, 1.82) is 0 Å². The Morgan fingerprint density at radius 2 is 2.10 bits per heavy atom. The van der Waals surface area contributed by atoms with Crippen LogP contribution in [-0.4, -0.2) is 9.97 Å². The van der Waals surface area contributed by atoms with Gasteiger partial charge in [0.05, 0.1) is 10.4 Å². The minimum Gasteiger partial charge on any atom is -0.339 e. The molecule has 2 aromatic heterocycles. The number of benzene rings is 1. The summed E-state index contributed by atoms with van der Waals surface area (Å²) in [6.07, 6.45) is 0. The number of hydrogen-bond donors (Lipinski definition) is 3. The van der Waals surface area contributed by atoms with E-state index in [9.17, 15) is 0 Å². The molecule has 0 unspecified atom stereocenters. The summed E-state index contributed by atoms with van der Waals surface area (Å²) in [5, 5.41) is 4.84. The minimum absolute atomic E-state index is 0.370. The Hall–Kier alpha value is -1.41. The van der Waals surface area contributed by atoms with Gasteiger partial charge in [0.25, 0.3) is 0 Å². The van der Waals surface area contributed by atoms with Crippen LogP contribution < -0.4 is 16.6 Å². The molecule has 21 heavy (non-hydrogen) atoms. The summed E-state index contributed by atoms with van der Waals surface area (Å²) in [7, 11) is 0. The van der Waals surface area contributed by atoms with Crippen LogP contribution in [0.5, 0.6) is 0 Å². The second-order valence-electron chi connectivity index (χ2n) is 4.37. The molecule has 0 saturated carbocycles. The van der Waals surface area contributed by atoms with E-state index in [2.05, 4.69) is 36.6 Å². The summed E-state index contributed by atoms with van der Waals surface area (Å²) in [6.45, 7) is 2.03. The van der Waals surface area contributed by atoms with Gasteiger partial charge in [0.2, 0.25) is 5.95 Å². The van der Waals surface area contributed by atoms with Crippen molar-refractivity contribution >= 4 is 66.5 Å². The number of halogens is 2. The molecule has 3 rings (SSSR count). The number of nitrogen functional groups attached to an aromatic ring is 1. The van der Waals surface area contributed by atoms with Gasteiger partial charge in [0.1, 0.15) is 10.6 Å². The molecule has 0 bridgehead atoms. The number of aryl methyl sites for hydroxylation is 1. The zero-order valence-electron chi connectivity index (χ0n) is 10.9. The van der Waals surface area contributed by atoms with E-state index in [1.165, 1.54) is 0 Å². The molecular formula is C13H11BrClN5S. The Morgan fingerprint density at radius 1 is 1.29 bits per heavy atom. The summed E-state index contributed by atoms with van der Waals surface area (Å²) in [6, 6.07) is 7.67. The number of hydrazine groups is 1. The summed E-state index contributed by atoms with van der Waals surface area (Å²) in [4.78, 5) is 10.8. The first-order chi connectivity index (χ1) is 10.1. The van der Waals surface area contributed by atoms with E-state index in [4.69, 9.17) is 17.4 Å². The van der Waals surface area contributed by atoms with Gasteiger partial charge in [-0.15, -0.1) is 11.3 Å². The fraction of sp³-hybridized carbons (Fsp3) is 0.0769. The molecule has 5 nitrogen and oxygen atoms in total. The molecule has 2 heterocycles. The summed E-state index contributed by atoms with van der Waals surface area (Å²) < 4.78 is 0.846. The van der Waals surface area contributed by atoms with Gasteiger partial charge in [-0.3, -0.25) is 5.43 Å². The molecule has 0 fully saturated rings. The van der Waals surface area contributed by atoms with E-state index in [1.807, 2.05) is 31.2 Å². The molecule has 0 aliphatic rings. The summed E-state index contributed by atoms with van der Waals surface area (Å²) in [5.74, 6) is 6.49. The first-order valence-electron chi connectivity index (χ1n) is 6.03. The summed E-state index contributed by atoms with van der Waals surface area (Å²) in [5.41, 5.74) is 3.33. The average Bonchev–Trinajstić information content (AvgIpc) is 2.83. The van der Waals surface area contributed by atoms with E-state index in [0.717, 1.165) is 25.3 Å². The normalized spacial score (nSPS) is 10.9. The third-order valence-electron chi connectivity index (χ3n) is 2.83. The third kappa shape index (κ3) is 2.96. The first kappa shape index (κ1) is 14.5. The van der Waals surface area contributed by atoms with Gasteiger partial charge in [-0.25, -0.2) is 10.8 Å². The maximum absolute atomic E-state index is 6.11. The lowest BCUT2D eigenvalue weighted by Gasteiger charge is -2.09. The second kappa shape index (κ2) is 5.76. The van der Waals surface area contributed by atoms with Crippen LogP contribution in [0, 0.1) is 6.92 Å². The Balaban J connectivity index is 2.07. The lowest BCUT2D eigenvalue weighted by molar-refractivity contribution is 1.16. The second-order valence-corrected chi connectivity index (χ2v) is 6.87. The molecule has 0 aliphatic carbocycles. The van der Waals surface area contributed by atoms with Crippen LogP contribution in [0.25, 0.3) is 10.2 Å². The van der Waals surface area contributed by atoms with Crippen molar-refractivity contribution in [3.05, 3.63) is 38.6 Å². The van der Waals surface area contributed by atoms with E-state index in [-0.39, 0.29) is 0 Å². The molecule has 4 N–H and O–H groups in total. The molecule has 0 saturated heterocycles. The maximum atomic E-state index is 6.11. The highest BCUT2D eigenvalue weighted by molar-refractivity contribution is 9.10. The SMILES string of the molecule is Cc1cc2c(Nc3ccc(Br)c(Cl)c3)nc(NN)nc2s1. The molecule has 3 aromatic rings. The third-order valence-corrected chi connectivity index (χ3v) is 5.00. The topological polar surface area (TPSA) is 75.9 Å².